The lowest BCUT2D eigenvalue weighted by molar-refractivity contribution is 0.117. The van der Waals surface area contributed by atoms with E-state index in [0.717, 1.165) is 47.9 Å². The van der Waals surface area contributed by atoms with E-state index in [-0.39, 0.29) is 11.9 Å². The van der Waals surface area contributed by atoms with Gasteiger partial charge in [0.1, 0.15) is 17.3 Å². The molecule has 1 aromatic carbocycles. The zero-order chi connectivity index (χ0) is 21.7. The van der Waals surface area contributed by atoms with Crippen molar-refractivity contribution in [2.45, 2.75) is 56.0 Å². The normalized spacial score (nSPS) is 20.3. The maximum atomic E-state index is 14.8. The van der Waals surface area contributed by atoms with Crippen molar-refractivity contribution >= 4 is 22.3 Å². The number of benzene rings is 1. The molecular weight excluding hydrogens is 421 g/mol. The van der Waals surface area contributed by atoms with E-state index in [1.807, 2.05) is 19.0 Å². The third kappa shape index (κ3) is 3.51. The molecule has 1 aliphatic heterocycles. The number of carbonyl (C=O) groups excluding carboxylic acids is 1. The van der Waals surface area contributed by atoms with E-state index in [4.69, 9.17) is 4.74 Å². The van der Waals surface area contributed by atoms with Crippen molar-refractivity contribution in [3.05, 3.63) is 34.3 Å². The van der Waals surface area contributed by atoms with E-state index >= 15 is 0 Å². The minimum absolute atomic E-state index is 0.0966. The van der Waals surface area contributed by atoms with Gasteiger partial charge in [0, 0.05) is 5.69 Å². The fraction of sp³-hybridized carbons (Fsp3) is 0.524. The molecule has 0 radical (unpaired) electrons. The summed E-state index contributed by atoms with van der Waals surface area (Å²) in [7, 11) is 1.56. The third-order valence-corrected chi connectivity index (χ3v) is 7.57. The molecule has 5 rings (SSSR count). The topological polar surface area (TPSA) is 88.8 Å². The molecule has 2 aromatic rings. The number of urea groups is 1. The van der Waals surface area contributed by atoms with Gasteiger partial charge in [-0.25, -0.2) is 18.1 Å². The van der Waals surface area contributed by atoms with Gasteiger partial charge < -0.3 is 15.0 Å². The zero-order valence-corrected chi connectivity index (χ0v) is 18.5. The van der Waals surface area contributed by atoms with Crippen molar-refractivity contribution in [1.82, 2.24) is 14.7 Å². The Balaban J connectivity index is 1.41. The van der Waals surface area contributed by atoms with E-state index in [9.17, 15) is 13.4 Å². The Morgan fingerprint density at radius 2 is 1.87 bits per heavy atom. The van der Waals surface area contributed by atoms with Crippen molar-refractivity contribution < 1.29 is 18.1 Å². The number of nitrogens with zero attached hydrogens (tertiary/aromatic N) is 4. The fourth-order valence-corrected chi connectivity index (χ4v) is 5.64. The van der Waals surface area contributed by atoms with E-state index in [0.29, 0.717) is 42.5 Å². The summed E-state index contributed by atoms with van der Waals surface area (Å²) in [5.74, 6) is 0.306. The Hall–Kier alpha value is -2.46. The van der Waals surface area contributed by atoms with Gasteiger partial charge in [0.15, 0.2) is 0 Å². The second kappa shape index (κ2) is 7.90. The van der Waals surface area contributed by atoms with Crippen molar-refractivity contribution in [1.29, 1.82) is 0 Å². The van der Waals surface area contributed by atoms with Gasteiger partial charge >= 0.3 is 6.03 Å². The Kier molecular flexibility index (Phi) is 5.21. The molecule has 1 N–H and O–H groups in total. The predicted molar refractivity (Wildman–Crippen MR) is 115 cm³/mol. The van der Waals surface area contributed by atoms with Gasteiger partial charge in [-0.1, -0.05) is 0 Å². The van der Waals surface area contributed by atoms with Crippen LogP contribution in [0.1, 0.15) is 35.1 Å². The second-order valence-electron chi connectivity index (χ2n) is 8.56. The number of thiol groups is 1. The number of hydrogen-bond acceptors (Lipinski definition) is 5. The molecule has 1 aromatic heterocycles. The Morgan fingerprint density at radius 1 is 1.23 bits per heavy atom. The van der Waals surface area contributed by atoms with E-state index in [2.05, 4.69) is 14.8 Å². The first kappa shape index (κ1) is 20.4. The van der Waals surface area contributed by atoms with E-state index in [1.165, 1.54) is 6.20 Å². The number of fused-ring (bicyclic) bond motifs is 3. The molecule has 31 heavy (non-hydrogen) atoms. The number of carbonyl (C=O) groups is 1. The standard InChI is InChI=1S/C21H26FN5O3S/c1-26(2)12-10-27-20(30-11-12)17(9-23-27)31(29)25-21(28)24-19-15-7-3-5-13(15)18(22)14-6-4-8-16(14)19/h9,12,31H,3-8,10-11H2,1-2H3,(H,24,28). The van der Waals surface area contributed by atoms with Crippen molar-refractivity contribution in [3.63, 3.8) is 0 Å². The largest absolute Gasteiger partial charge is 0.475 e. The van der Waals surface area contributed by atoms with Gasteiger partial charge in [-0.3, -0.25) is 0 Å². The highest BCUT2D eigenvalue weighted by atomic mass is 32.2. The van der Waals surface area contributed by atoms with Crippen LogP contribution in [0.2, 0.25) is 0 Å². The molecule has 0 fully saturated rings. The molecule has 0 saturated carbocycles. The average Bonchev–Trinajstić information content (AvgIpc) is 3.49. The van der Waals surface area contributed by atoms with Gasteiger partial charge in [0.25, 0.3) is 0 Å². The van der Waals surface area contributed by atoms with Crippen LogP contribution in [-0.4, -0.2) is 51.7 Å². The van der Waals surface area contributed by atoms with Crippen molar-refractivity contribution in [2.24, 2.45) is 4.36 Å². The third-order valence-electron chi connectivity index (χ3n) is 6.49. The number of rotatable bonds is 3. The van der Waals surface area contributed by atoms with Gasteiger partial charge in [0.05, 0.1) is 29.4 Å². The first-order chi connectivity index (χ1) is 14.9. The predicted octanol–water partition coefficient (Wildman–Crippen LogP) is 2.58. The molecule has 10 heteroatoms. The number of ether oxygens (including phenoxy) is 1. The molecule has 2 heterocycles. The highest BCUT2D eigenvalue weighted by molar-refractivity contribution is 7.75. The number of halogens is 1. The van der Waals surface area contributed by atoms with Gasteiger partial charge in [-0.2, -0.15) is 5.10 Å². The number of amides is 2. The Labute approximate surface area is 182 Å². The summed E-state index contributed by atoms with van der Waals surface area (Å²) < 4.78 is 38.9. The maximum Gasteiger partial charge on any atom is 0.353 e. The summed E-state index contributed by atoms with van der Waals surface area (Å²) in [4.78, 5) is 15.0. The van der Waals surface area contributed by atoms with Crippen molar-refractivity contribution in [3.8, 4) is 5.88 Å². The molecule has 2 amide bonds. The van der Waals surface area contributed by atoms with Crippen molar-refractivity contribution in [2.75, 3.05) is 26.0 Å². The van der Waals surface area contributed by atoms with Crippen LogP contribution in [0, 0.1) is 5.82 Å². The van der Waals surface area contributed by atoms with Crippen LogP contribution in [0.25, 0.3) is 0 Å². The molecule has 2 atom stereocenters. The molecule has 0 bridgehead atoms. The summed E-state index contributed by atoms with van der Waals surface area (Å²) in [6, 6.07) is -0.515. The highest BCUT2D eigenvalue weighted by Gasteiger charge is 2.30. The maximum absolute atomic E-state index is 14.8. The lowest BCUT2D eigenvalue weighted by Crippen LogP contribution is -2.41. The molecule has 8 nitrogen and oxygen atoms in total. The first-order valence-corrected chi connectivity index (χ1v) is 11.8. The highest BCUT2D eigenvalue weighted by Crippen LogP contribution is 2.41. The number of nitrogens with one attached hydrogen (secondary N) is 1. The number of hydrogen-bond donors (Lipinski definition) is 2. The van der Waals surface area contributed by atoms with Crippen LogP contribution in [0.15, 0.2) is 15.5 Å². The van der Waals surface area contributed by atoms with Crippen LogP contribution < -0.4 is 10.1 Å². The molecule has 166 valence electrons. The van der Waals surface area contributed by atoms with Crippen LogP contribution in [0.3, 0.4) is 0 Å². The lowest BCUT2D eigenvalue weighted by atomic mass is 9.98. The molecule has 0 saturated heterocycles. The monoisotopic (exact) mass is 447 g/mol. The summed E-state index contributed by atoms with van der Waals surface area (Å²) in [5.41, 5.74) is 3.86. The Morgan fingerprint density at radius 3 is 2.52 bits per heavy atom. The molecular formula is C21H26FN5O3S. The number of likely N-dealkylation sites (N-methyl/N-ethyl adjacent to an activating group) is 1. The number of anilines is 1. The van der Waals surface area contributed by atoms with E-state index in [1.54, 1.807) is 4.68 Å². The molecule has 0 spiro atoms. The minimum atomic E-state index is -2.37. The van der Waals surface area contributed by atoms with Crippen LogP contribution >= 0.6 is 0 Å². The molecule has 2 aliphatic carbocycles. The first-order valence-electron chi connectivity index (χ1n) is 10.6. The van der Waals surface area contributed by atoms with Gasteiger partial charge in [-0.05, 0) is 74.9 Å². The van der Waals surface area contributed by atoms with Crippen LogP contribution in [-0.2, 0) is 42.8 Å². The quantitative estimate of drug-likeness (QED) is 0.706. The lowest BCUT2D eigenvalue weighted by Gasteiger charge is -2.29. The Bertz CT molecular complexity index is 1120. The minimum Gasteiger partial charge on any atom is -0.475 e. The van der Waals surface area contributed by atoms with Gasteiger partial charge in [0.2, 0.25) is 5.88 Å². The van der Waals surface area contributed by atoms with Gasteiger partial charge in [-0.15, -0.1) is 4.36 Å². The fourth-order valence-electron chi connectivity index (χ4n) is 4.82. The molecule has 2 unspecified atom stereocenters. The second-order valence-corrected chi connectivity index (χ2v) is 9.79. The van der Waals surface area contributed by atoms with Crippen LogP contribution in [0.4, 0.5) is 14.9 Å². The molecule has 3 aliphatic rings. The summed E-state index contributed by atoms with van der Waals surface area (Å²) in [6.07, 6.45) is 6.05. The van der Waals surface area contributed by atoms with E-state index < -0.39 is 16.6 Å². The number of aromatic nitrogens is 2. The summed E-state index contributed by atoms with van der Waals surface area (Å²) >= 11 is 0. The average molecular weight is 448 g/mol. The smallest absolute Gasteiger partial charge is 0.353 e. The summed E-state index contributed by atoms with van der Waals surface area (Å²) in [6.45, 7) is 1.07. The SMILES string of the molecule is CN(C)C1COc2c(/[SH](=O)=N\C(=O)Nc3c4c(c(F)c5c3CCC5)CCC4)cnn2C1. The summed E-state index contributed by atoms with van der Waals surface area (Å²) in [5, 5.41) is 7.09. The van der Waals surface area contributed by atoms with Crippen LogP contribution in [0.5, 0.6) is 5.88 Å². The zero-order valence-electron chi connectivity index (χ0n) is 17.7.